The molecular formula is C8H15O2-. The molecule has 0 aromatic carbocycles. The largest absolute Gasteiger partial charge is 0.550 e. The zero-order valence-corrected chi connectivity index (χ0v) is 6.31. The van der Waals surface area contributed by atoms with Gasteiger partial charge in [-0.3, -0.25) is 0 Å². The van der Waals surface area contributed by atoms with E-state index in [0.717, 1.165) is 0 Å². The van der Waals surface area contributed by atoms with Crippen molar-refractivity contribution < 1.29 is 15.4 Å². The third-order valence-corrected chi connectivity index (χ3v) is 1.05. The summed E-state index contributed by atoms with van der Waals surface area (Å²) >= 11 is 0. The van der Waals surface area contributed by atoms with Gasteiger partial charge in [0.2, 0.25) is 0 Å². The molecule has 2 heteroatoms. The van der Waals surface area contributed by atoms with Crippen LogP contribution < -0.4 is 5.11 Å². The molecule has 0 aromatic rings. The van der Waals surface area contributed by atoms with Gasteiger partial charge >= 0.3 is 0 Å². The summed E-state index contributed by atoms with van der Waals surface area (Å²) in [7, 11) is 0. The van der Waals surface area contributed by atoms with E-state index in [4.69, 9.17) is 5.48 Å². The van der Waals surface area contributed by atoms with Gasteiger partial charge in [-0.1, -0.05) is 26.7 Å². The standard InChI is InChI=1S/C8H16O2/c1-3-5-7(6-4-2)8(9)10/h7H,3-6H2,1-2H3,(H,9,10)/p-1/i5D2,6D2. The van der Waals surface area contributed by atoms with Gasteiger partial charge in [-0.25, -0.2) is 0 Å². The van der Waals surface area contributed by atoms with Crippen molar-refractivity contribution in [3.8, 4) is 0 Å². The minimum atomic E-state index is -2.07. The van der Waals surface area contributed by atoms with Crippen LogP contribution in [-0.4, -0.2) is 5.97 Å². The fraction of sp³-hybridized carbons (Fsp3) is 0.875. The van der Waals surface area contributed by atoms with Crippen molar-refractivity contribution in [3.63, 3.8) is 0 Å². The average molecular weight is 147 g/mol. The average Bonchev–Trinajstić information content (AvgIpc) is 2.02. The van der Waals surface area contributed by atoms with Crippen molar-refractivity contribution in [1.82, 2.24) is 0 Å². The highest BCUT2D eigenvalue weighted by Crippen LogP contribution is 2.11. The monoisotopic (exact) mass is 147 g/mol. The minimum Gasteiger partial charge on any atom is -0.550 e. The Morgan fingerprint density at radius 1 is 1.50 bits per heavy atom. The summed E-state index contributed by atoms with van der Waals surface area (Å²) in [6, 6.07) is 0. The molecule has 0 atom stereocenters. The second-order valence-corrected chi connectivity index (χ2v) is 1.87. The topological polar surface area (TPSA) is 40.1 Å². The maximum Gasteiger partial charge on any atom is 0.0445 e. The Hall–Kier alpha value is -0.530. The van der Waals surface area contributed by atoms with Gasteiger partial charge in [0.05, 0.1) is 0 Å². The third-order valence-electron chi connectivity index (χ3n) is 1.05. The first-order chi connectivity index (χ1) is 6.19. The molecule has 0 N–H and O–H groups in total. The molecule has 0 unspecified atom stereocenters. The second kappa shape index (κ2) is 5.27. The van der Waals surface area contributed by atoms with Crippen molar-refractivity contribution in [1.29, 1.82) is 0 Å². The van der Waals surface area contributed by atoms with Crippen molar-refractivity contribution >= 4 is 5.97 Å². The lowest BCUT2D eigenvalue weighted by atomic mass is 9.99. The van der Waals surface area contributed by atoms with E-state index in [2.05, 4.69) is 0 Å². The molecule has 0 aliphatic carbocycles. The molecule has 0 amide bonds. The van der Waals surface area contributed by atoms with Gasteiger partial charge in [0.1, 0.15) is 0 Å². The molecule has 0 heterocycles. The van der Waals surface area contributed by atoms with Gasteiger partial charge in [0.25, 0.3) is 0 Å². The van der Waals surface area contributed by atoms with Gasteiger partial charge in [-0.2, -0.15) is 0 Å². The summed E-state index contributed by atoms with van der Waals surface area (Å²) in [4.78, 5) is 10.7. The SMILES string of the molecule is [2H]C([2H])(CC)C(C(=O)[O-])C([2H])([2H])CC. The van der Waals surface area contributed by atoms with E-state index in [1.807, 2.05) is 0 Å². The van der Waals surface area contributed by atoms with E-state index in [1.54, 1.807) is 0 Å². The summed E-state index contributed by atoms with van der Waals surface area (Å²) in [5, 5.41) is 10.7. The van der Waals surface area contributed by atoms with E-state index in [-0.39, 0.29) is 12.8 Å². The molecular weight excluding hydrogens is 128 g/mol. The van der Waals surface area contributed by atoms with Crippen LogP contribution in [0.5, 0.6) is 0 Å². The quantitative estimate of drug-likeness (QED) is 0.581. The molecule has 2 nitrogen and oxygen atoms in total. The zero-order valence-electron chi connectivity index (χ0n) is 10.3. The summed E-state index contributed by atoms with van der Waals surface area (Å²) in [5.74, 6) is -3.38. The zero-order chi connectivity index (χ0) is 11.6. The summed E-state index contributed by atoms with van der Waals surface area (Å²) < 4.78 is 29.7. The fourth-order valence-corrected chi connectivity index (χ4v) is 0.647. The number of carbonyl (C=O) groups excluding carboxylic acids is 1. The highest BCUT2D eigenvalue weighted by molar-refractivity contribution is 5.67. The van der Waals surface area contributed by atoms with Crippen molar-refractivity contribution in [3.05, 3.63) is 0 Å². The molecule has 0 spiro atoms. The maximum absolute atomic E-state index is 10.7. The molecule has 0 rings (SSSR count). The molecule has 0 saturated carbocycles. The van der Waals surface area contributed by atoms with Gasteiger partial charge < -0.3 is 9.90 Å². The van der Waals surface area contributed by atoms with Crippen molar-refractivity contribution in [2.24, 2.45) is 5.92 Å². The number of hydrogen-bond donors (Lipinski definition) is 0. The van der Waals surface area contributed by atoms with E-state index in [0.29, 0.717) is 0 Å². The Kier molecular flexibility index (Phi) is 2.30. The van der Waals surface area contributed by atoms with Crippen molar-refractivity contribution in [2.45, 2.75) is 39.4 Å². The summed E-state index contributed by atoms with van der Waals surface area (Å²) in [6.07, 6.45) is -4.24. The van der Waals surface area contributed by atoms with Gasteiger partial charge in [-0.05, 0) is 18.7 Å². The molecule has 0 aromatic heterocycles. The first kappa shape index (κ1) is 4.37. The number of hydrogen-bond acceptors (Lipinski definition) is 2. The van der Waals surface area contributed by atoms with E-state index >= 15 is 0 Å². The number of carbonyl (C=O) groups is 1. The number of rotatable bonds is 5. The molecule has 0 radical (unpaired) electrons. The van der Waals surface area contributed by atoms with Crippen LogP contribution >= 0.6 is 0 Å². The van der Waals surface area contributed by atoms with Crippen LogP contribution in [0.2, 0.25) is 0 Å². The third kappa shape index (κ3) is 3.49. The Labute approximate surface area is 67.9 Å². The number of carboxylic acids is 1. The van der Waals surface area contributed by atoms with Crippen LogP contribution in [0.4, 0.5) is 0 Å². The van der Waals surface area contributed by atoms with Gasteiger partial charge in [0.15, 0.2) is 0 Å². The van der Waals surface area contributed by atoms with E-state index < -0.39 is 24.6 Å². The Bertz CT molecular complexity index is 199. The lowest BCUT2D eigenvalue weighted by Gasteiger charge is -2.15. The smallest absolute Gasteiger partial charge is 0.0445 e. The molecule has 0 aliphatic rings. The van der Waals surface area contributed by atoms with Crippen LogP contribution in [0.15, 0.2) is 0 Å². The maximum atomic E-state index is 10.7. The van der Waals surface area contributed by atoms with Crippen LogP contribution in [0, 0.1) is 5.92 Å². The minimum absolute atomic E-state index is 0.0504. The molecule has 0 fully saturated rings. The van der Waals surface area contributed by atoms with Gasteiger partial charge in [-0.15, -0.1) is 0 Å². The predicted octanol–water partition coefficient (Wildman–Crippen LogP) is 0.953. The fourth-order valence-electron chi connectivity index (χ4n) is 0.647. The van der Waals surface area contributed by atoms with Crippen LogP contribution in [0.25, 0.3) is 0 Å². The van der Waals surface area contributed by atoms with Gasteiger partial charge in [0, 0.05) is 11.5 Å². The van der Waals surface area contributed by atoms with Crippen LogP contribution in [-0.2, 0) is 4.79 Å². The Morgan fingerprint density at radius 3 is 2.10 bits per heavy atom. The number of carboxylic acid groups (broad SMARTS) is 1. The lowest BCUT2D eigenvalue weighted by Crippen LogP contribution is -2.31. The Morgan fingerprint density at radius 2 is 1.90 bits per heavy atom. The predicted molar refractivity (Wildman–Crippen MR) is 38.3 cm³/mol. The molecule has 0 aliphatic heterocycles. The number of aliphatic carboxylic acids is 1. The van der Waals surface area contributed by atoms with E-state index in [1.165, 1.54) is 13.8 Å². The molecule has 0 bridgehead atoms. The lowest BCUT2D eigenvalue weighted by molar-refractivity contribution is -0.312. The summed E-state index contributed by atoms with van der Waals surface area (Å²) in [6.45, 7) is 2.98. The second-order valence-electron chi connectivity index (χ2n) is 1.87. The van der Waals surface area contributed by atoms with Crippen molar-refractivity contribution in [2.75, 3.05) is 0 Å². The molecule has 60 valence electrons. The summed E-state index contributed by atoms with van der Waals surface area (Å²) in [5.41, 5.74) is 0. The van der Waals surface area contributed by atoms with E-state index in [9.17, 15) is 9.90 Å². The normalized spacial score (nSPS) is 19.1. The molecule has 0 saturated heterocycles. The first-order valence-electron chi connectivity index (χ1n) is 5.40. The highest BCUT2D eigenvalue weighted by atomic mass is 16.4. The molecule has 10 heavy (non-hydrogen) atoms. The first-order valence-corrected chi connectivity index (χ1v) is 3.40. The van der Waals surface area contributed by atoms with Crippen LogP contribution in [0.1, 0.15) is 44.9 Å². The van der Waals surface area contributed by atoms with Crippen LogP contribution in [0.3, 0.4) is 0 Å². The Balaban J connectivity index is 5.06. The highest BCUT2D eigenvalue weighted by Gasteiger charge is 2.05.